The van der Waals surface area contributed by atoms with Crippen LogP contribution < -0.4 is 16.0 Å². The fourth-order valence-electron chi connectivity index (χ4n) is 1.97. The minimum absolute atomic E-state index is 0.212. The smallest absolute Gasteiger partial charge is 0.252 e. The first-order valence-corrected chi connectivity index (χ1v) is 9.48. The van der Waals surface area contributed by atoms with Crippen LogP contribution in [0.4, 0.5) is 5.69 Å². The summed E-state index contributed by atoms with van der Waals surface area (Å²) in [6.45, 7) is 1.94. The van der Waals surface area contributed by atoms with E-state index in [1.807, 2.05) is 19.1 Å². The van der Waals surface area contributed by atoms with Crippen molar-refractivity contribution in [1.82, 2.24) is 10.6 Å². The molecule has 0 aliphatic rings. The summed E-state index contributed by atoms with van der Waals surface area (Å²) in [6.07, 6.45) is -0.796. The van der Waals surface area contributed by atoms with Crippen LogP contribution in [0.3, 0.4) is 0 Å². The van der Waals surface area contributed by atoms with Crippen LogP contribution in [0.2, 0.25) is 10.0 Å². The zero-order valence-corrected chi connectivity index (χ0v) is 17.4. The summed E-state index contributed by atoms with van der Waals surface area (Å²) in [5.41, 5.74) is 2.16. The van der Waals surface area contributed by atoms with E-state index in [2.05, 4.69) is 16.0 Å². The van der Waals surface area contributed by atoms with E-state index in [0.29, 0.717) is 21.3 Å². The first-order chi connectivity index (χ1) is 12.3. The zero-order chi connectivity index (χ0) is 19.3. The van der Waals surface area contributed by atoms with Gasteiger partial charge in [0.05, 0.1) is 10.0 Å². The van der Waals surface area contributed by atoms with E-state index in [-0.39, 0.29) is 11.0 Å². The largest absolute Gasteiger partial charge is 0.340 e. The van der Waals surface area contributed by atoms with Crippen LogP contribution in [0.15, 0.2) is 42.5 Å². The monoisotopic (exact) mass is 449 g/mol. The second kappa shape index (κ2) is 9.62. The fourth-order valence-corrected chi connectivity index (χ4v) is 2.77. The van der Waals surface area contributed by atoms with Gasteiger partial charge in [-0.2, -0.15) is 0 Å². The normalized spacial score (nSPS) is 11.8. The maximum Gasteiger partial charge on any atom is 0.252 e. The van der Waals surface area contributed by atoms with Crippen LogP contribution in [0.5, 0.6) is 0 Å². The van der Waals surface area contributed by atoms with Crippen molar-refractivity contribution in [2.24, 2.45) is 0 Å². The molecule has 9 heteroatoms. The Kier molecular flexibility index (Phi) is 7.80. The van der Waals surface area contributed by atoms with E-state index < -0.39 is 11.0 Å². The van der Waals surface area contributed by atoms with Crippen molar-refractivity contribution in [3.05, 3.63) is 63.6 Å². The van der Waals surface area contributed by atoms with Gasteiger partial charge in [-0.3, -0.25) is 4.79 Å². The lowest BCUT2D eigenvalue weighted by Gasteiger charge is -2.23. The van der Waals surface area contributed by atoms with Crippen LogP contribution in [0, 0.1) is 6.92 Å². The number of nitrogens with one attached hydrogen (secondary N) is 3. The Bertz CT molecular complexity index is 799. The number of anilines is 1. The zero-order valence-electron chi connectivity index (χ0n) is 13.5. The SMILES string of the molecule is Cc1ccc(C(=O)N[C@H](NC(=S)Nc2ccc(Cl)c(Cl)c2)C(Cl)Cl)cc1. The minimum Gasteiger partial charge on any atom is -0.340 e. The highest BCUT2D eigenvalue weighted by molar-refractivity contribution is 7.80. The topological polar surface area (TPSA) is 53.2 Å². The summed E-state index contributed by atoms with van der Waals surface area (Å²) in [5, 5.41) is 9.51. The Morgan fingerprint density at radius 1 is 1.00 bits per heavy atom. The molecule has 1 amide bonds. The number of hydrogen-bond acceptors (Lipinski definition) is 2. The molecule has 26 heavy (non-hydrogen) atoms. The molecule has 0 aromatic heterocycles. The van der Waals surface area contributed by atoms with Gasteiger partial charge in [0.25, 0.3) is 5.91 Å². The predicted octanol–water partition coefficient (Wildman–Crippen LogP) is 5.15. The van der Waals surface area contributed by atoms with Crippen LogP contribution in [0.25, 0.3) is 0 Å². The molecule has 0 saturated carbocycles. The average molecular weight is 451 g/mol. The highest BCUT2D eigenvalue weighted by Gasteiger charge is 2.21. The van der Waals surface area contributed by atoms with Crippen LogP contribution in [-0.4, -0.2) is 22.0 Å². The Balaban J connectivity index is 2.00. The lowest BCUT2D eigenvalue weighted by atomic mass is 10.1. The predicted molar refractivity (Wildman–Crippen MR) is 114 cm³/mol. The molecule has 0 heterocycles. The number of rotatable bonds is 5. The molecule has 0 fully saturated rings. The van der Waals surface area contributed by atoms with E-state index in [1.54, 1.807) is 30.3 Å². The second-order valence-electron chi connectivity index (χ2n) is 5.38. The van der Waals surface area contributed by atoms with Gasteiger partial charge in [0.15, 0.2) is 5.11 Å². The van der Waals surface area contributed by atoms with E-state index in [1.165, 1.54) is 0 Å². The minimum atomic E-state index is -0.932. The Hall–Kier alpha value is -1.24. The van der Waals surface area contributed by atoms with Crippen LogP contribution >= 0.6 is 58.6 Å². The molecule has 4 nitrogen and oxygen atoms in total. The van der Waals surface area contributed by atoms with Crippen molar-refractivity contribution >= 4 is 75.3 Å². The highest BCUT2D eigenvalue weighted by Crippen LogP contribution is 2.25. The number of amides is 1. The van der Waals surface area contributed by atoms with Gasteiger partial charge in [-0.15, -0.1) is 23.2 Å². The Labute approximate surface area is 177 Å². The maximum atomic E-state index is 12.3. The standard InChI is InChI=1S/C17H15Cl4N3OS/c1-9-2-4-10(5-3-9)16(25)23-15(14(20)21)24-17(26)22-11-6-7-12(18)13(19)8-11/h2-8,14-15H,1H3,(H,23,25)(H2,22,24,26)/t15-/m1/s1. The lowest BCUT2D eigenvalue weighted by molar-refractivity contribution is 0.0936. The molecule has 0 aliphatic heterocycles. The quantitative estimate of drug-likeness (QED) is 0.335. The summed E-state index contributed by atoms with van der Waals surface area (Å²) in [7, 11) is 0. The summed E-state index contributed by atoms with van der Waals surface area (Å²) in [6, 6.07) is 12.1. The third-order valence-corrected chi connectivity index (χ3v) is 4.78. The fraction of sp³-hybridized carbons (Fsp3) is 0.176. The third-order valence-electron chi connectivity index (χ3n) is 3.32. The molecule has 0 saturated heterocycles. The second-order valence-corrected chi connectivity index (χ2v) is 7.77. The van der Waals surface area contributed by atoms with Gasteiger partial charge in [-0.25, -0.2) is 0 Å². The molecule has 0 spiro atoms. The number of aryl methyl sites for hydroxylation is 1. The van der Waals surface area contributed by atoms with E-state index in [4.69, 9.17) is 58.6 Å². The number of thiocarbonyl (C=S) groups is 1. The molecule has 1 atom stereocenters. The first kappa shape index (κ1) is 21.1. The molecule has 2 aromatic rings. The number of benzene rings is 2. The van der Waals surface area contributed by atoms with E-state index >= 15 is 0 Å². The van der Waals surface area contributed by atoms with Crippen molar-refractivity contribution in [3.8, 4) is 0 Å². The summed E-state index contributed by atoms with van der Waals surface area (Å²) >= 11 is 29.0. The number of halogens is 4. The molecular formula is C17H15Cl4N3OS. The average Bonchev–Trinajstić information content (AvgIpc) is 2.58. The summed E-state index contributed by atoms with van der Waals surface area (Å²) in [4.78, 5) is 11.4. The van der Waals surface area contributed by atoms with Gasteiger partial charge < -0.3 is 16.0 Å². The molecule has 0 radical (unpaired) electrons. The third kappa shape index (κ3) is 6.18. The number of carbonyl (C=O) groups is 1. The molecule has 0 bridgehead atoms. The molecule has 2 rings (SSSR count). The summed E-state index contributed by atoms with van der Waals surface area (Å²) < 4.78 is 0. The van der Waals surface area contributed by atoms with Crippen molar-refractivity contribution in [3.63, 3.8) is 0 Å². The van der Waals surface area contributed by atoms with Gasteiger partial charge in [0.1, 0.15) is 11.0 Å². The van der Waals surface area contributed by atoms with Gasteiger partial charge in [-0.05, 0) is 49.5 Å². The molecule has 3 N–H and O–H groups in total. The summed E-state index contributed by atoms with van der Waals surface area (Å²) in [5.74, 6) is -0.328. The number of alkyl halides is 2. The molecule has 2 aromatic carbocycles. The molecular weight excluding hydrogens is 436 g/mol. The molecule has 0 aliphatic carbocycles. The Morgan fingerprint density at radius 3 is 2.23 bits per heavy atom. The molecule has 0 unspecified atom stereocenters. The van der Waals surface area contributed by atoms with Crippen molar-refractivity contribution in [2.45, 2.75) is 17.9 Å². The highest BCUT2D eigenvalue weighted by atomic mass is 35.5. The van der Waals surface area contributed by atoms with E-state index in [0.717, 1.165) is 5.56 Å². The lowest BCUT2D eigenvalue weighted by Crippen LogP contribution is -2.52. The van der Waals surface area contributed by atoms with Gasteiger partial charge in [0.2, 0.25) is 0 Å². The van der Waals surface area contributed by atoms with Gasteiger partial charge in [-0.1, -0.05) is 40.9 Å². The van der Waals surface area contributed by atoms with Crippen molar-refractivity contribution in [1.29, 1.82) is 0 Å². The number of hydrogen-bond donors (Lipinski definition) is 3. The van der Waals surface area contributed by atoms with Gasteiger partial charge >= 0.3 is 0 Å². The Morgan fingerprint density at radius 2 is 1.65 bits per heavy atom. The van der Waals surface area contributed by atoms with E-state index in [9.17, 15) is 4.79 Å². The molecule has 138 valence electrons. The van der Waals surface area contributed by atoms with Gasteiger partial charge in [0, 0.05) is 11.3 Å². The van der Waals surface area contributed by atoms with Crippen LogP contribution in [0.1, 0.15) is 15.9 Å². The maximum absolute atomic E-state index is 12.3. The van der Waals surface area contributed by atoms with Crippen LogP contribution in [-0.2, 0) is 0 Å². The van der Waals surface area contributed by atoms with Crippen molar-refractivity contribution in [2.75, 3.05) is 5.32 Å². The van der Waals surface area contributed by atoms with Crippen molar-refractivity contribution < 1.29 is 4.79 Å². The number of carbonyl (C=O) groups excluding carboxylic acids is 1. The first-order valence-electron chi connectivity index (χ1n) is 7.44.